The van der Waals surface area contributed by atoms with Crippen molar-refractivity contribution in [2.75, 3.05) is 26.3 Å². The van der Waals surface area contributed by atoms with Gasteiger partial charge in [0.2, 0.25) is 0 Å². The van der Waals surface area contributed by atoms with E-state index in [1.165, 1.54) is 0 Å². The van der Waals surface area contributed by atoms with Gasteiger partial charge in [-0.1, -0.05) is 52.0 Å². The molecular weight excluding hydrogens is 356 g/mol. The molecule has 28 heavy (non-hydrogen) atoms. The Hall–Kier alpha value is -1.86. The molecule has 2 unspecified atom stereocenters. The second-order valence-electron chi connectivity index (χ2n) is 7.70. The lowest BCUT2D eigenvalue weighted by molar-refractivity contribution is 0.101. The zero-order valence-corrected chi connectivity index (χ0v) is 17.3. The topological polar surface area (TPSA) is 83.0 Å². The molecule has 0 bridgehead atoms. The van der Waals surface area contributed by atoms with Crippen LogP contribution in [0.3, 0.4) is 0 Å². The molecule has 0 saturated heterocycles. The highest BCUT2D eigenvalue weighted by Crippen LogP contribution is 2.31. The van der Waals surface area contributed by atoms with E-state index in [0.29, 0.717) is 36.7 Å². The molecule has 2 aromatic rings. The predicted octanol–water partition coefficient (Wildman–Crippen LogP) is 2.32. The zero-order chi connectivity index (χ0) is 20.5. The van der Waals surface area contributed by atoms with Crippen LogP contribution in [0, 0.1) is 0 Å². The summed E-state index contributed by atoms with van der Waals surface area (Å²) in [5.41, 5.74) is 0. The summed E-state index contributed by atoms with van der Waals surface area (Å²) in [7, 11) is 0. The van der Waals surface area contributed by atoms with Gasteiger partial charge in [0.1, 0.15) is 36.9 Å². The molecule has 0 fully saturated rings. The first-order valence-corrected chi connectivity index (χ1v) is 9.96. The van der Waals surface area contributed by atoms with E-state index in [0.717, 1.165) is 10.8 Å². The quantitative estimate of drug-likeness (QED) is 0.445. The largest absolute Gasteiger partial charge is 0.491 e. The molecule has 2 rings (SSSR count). The molecule has 156 valence electrons. The number of rotatable bonds is 12. The first-order valence-electron chi connectivity index (χ1n) is 9.96. The van der Waals surface area contributed by atoms with Gasteiger partial charge in [-0.3, -0.25) is 0 Å². The van der Waals surface area contributed by atoms with Crippen LogP contribution < -0.4 is 20.1 Å². The fourth-order valence-electron chi connectivity index (χ4n) is 2.69. The van der Waals surface area contributed by atoms with Gasteiger partial charge in [0.15, 0.2) is 0 Å². The Balaban J connectivity index is 2.03. The number of hydrogen-bond acceptors (Lipinski definition) is 6. The van der Waals surface area contributed by atoms with Gasteiger partial charge in [0, 0.05) is 36.6 Å². The average molecular weight is 391 g/mol. The van der Waals surface area contributed by atoms with E-state index in [1.54, 1.807) is 0 Å². The Morgan fingerprint density at radius 3 is 2.00 bits per heavy atom. The minimum Gasteiger partial charge on any atom is -0.491 e. The Morgan fingerprint density at radius 1 is 0.821 bits per heavy atom. The summed E-state index contributed by atoms with van der Waals surface area (Å²) in [6, 6.07) is 12.2. The standard InChI is InChI=1S/C22H34N2O4/c1-15(2)23-11-18(25)13-27-20-9-17-7-5-6-8-21(17)22(10-20)28-14-19(26)12-24-16(3)4/h5-10,15-16,18-19,23-26H,11-14H2,1-4H3. The van der Waals surface area contributed by atoms with Gasteiger partial charge in [-0.2, -0.15) is 0 Å². The van der Waals surface area contributed by atoms with Crippen LogP contribution in [-0.2, 0) is 0 Å². The molecule has 0 aliphatic carbocycles. The van der Waals surface area contributed by atoms with E-state index in [9.17, 15) is 10.2 Å². The van der Waals surface area contributed by atoms with Crippen molar-refractivity contribution in [1.82, 2.24) is 10.6 Å². The van der Waals surface area contributed by atoms with E-state index >= 15 is 0 Å². The maximum atomic E-state index is 10.1. The van der Waals surface area contributed by atoms with Crippen LogP contribution in [0.15, 0.2) is 36.4 Å². The monoisotopic (exact) mass is 390 g/mol. The highest BCUT2D eigenvalue weighted by atomic mass is 16.5. The van der Waals surface area contributed by atoms with E-state index in [4.69, 9.17) is 9.47 Å². The summed E-state index contributed by atoms with van der Waals surface area (Å²) in [6.07, 6.45) is -1.20. The van der Waals surface area contributed by atoms with Gasteiger partial charge < -0.3 is 30.3 Å². The van der Waals surface area contributed by atoms with Crippen molar-refractivity contribution in [1.29, 1.82) is 0 Å². The van der Waals surface area contributed by atoms with E-state index in [1.807, 2.05) is 64.1 Å². The molecule has 0 aromatic heterocycles. The molecule has 0 saturated carbocycles. The summed E-state index contributed by atoms with van der Waals surface area (Å²) in [5, 5.41) is 28.5. The number of hydrogen-bond donors (Lipinski definition) is 4. The van der Waals surface area contributed by atoms with Crippen molar-refractivity contribution in [2.45, 2.75) is 52.0 Å². The summed E-state index contributed by atoms with van der Waals surface area (Å²) >= 11 is 0. The van der Waals surface area contributed by atoms with Crippen LogP contribution in [0.2, 0.25) is 0 Å². The molecule has 0 heterocycles. The average Bonchev–Trinajstić information content (AvgIpc) is 2.67. The Morgan fingerprint density at radius 2 is 1.39 bits per heavy atom. The minimum absolute atomic E-state index is 0.189. The number of ether oxygens (including phenoxy) is 2. The summed E-state index contributed by atoms with van der Waals surface area (Å²) in [6.45, 7) is 9.47. The van der Waals surface area contributed by atoms with Crippen molar-refractivity contribution < 1.29 is 19.7 Å². The molecule has 0 amide bonds. The molecule has 0 radical (unpaired) electrons. The molecule has 6 heteroatoms. The predicted molar refractivity (Wildman–Crippen MR) is 113 cm³/mol. The van der Waals surface area contributed by atoms with Crippen molar-refractivity contribution in [2.24, 2.45) is 0 Å². The first kappa shape index (κ1) is 22.4. The highest BCUT2D eigenvalue weighted by Gasteiger charge is 2.12. The number of nitrogens with one attached hydrogen (secondary N) is 2. The van der Waals surface area contributed by atoms with E-state index in [-0.39, 0.29) is 13.2 Å². The van der Waals surface area contributed by atoms with Gasteiger partial charge in [0.25, 0.3) is 0 Å². The lowest BCUT2D eigenvalue weighted by Gasteiger charge is -2.18. The number of aliphatic hydroxyl groups excluding tert-OH is 2. The van der Waals surface area contributed by atoms with Crippen molar-refractivity contribution in [3.8, 4) is 11.5 Å². The molecule has 0 aliphatic rings. The lowest BCUT2D eigenvalue weighted by atomic mass is 10.1. The third kappa shape index (κ3) is 7.64. The Labute approximate surface area is 167 Å². The smallest absolute Gasteiger partial charge is 0.130 e. The van der Waals surface area contributed by atoms with Gasteiger partial charge >= 0.3 is 0 Å². The lowest BCUT2D eigenvalue weighted by Crippen LogP contribution is -2.35. The molecule has 4 N–H and O–H groups in total. The van der Waals surface area contributed by atoms with Gasteiger partial charge in [-0.05, 0) is 11.5 Å². The number of fused-ring (bicyclic) bond motifs is 1. The van der Waals surface area contributed by atoms with Crippen LogP contribution in [0.4, 0.5) is 0 Å². The van der Waals surface area contributed by atoms with Crippen LogP contribution in [-0.4, -0.2) is 60.8 Å². The van der Waals surface area contributed by atoms with Crippen molar-refractivity contribution in [3.63, 3.8) is 0 Å². The molecule has 0 aliphatic heterocycles. The fourth-order valence-corrected chi connectivity index (χ4v) is 2.69. The Kier molecular flexibility index (Phi) is 8.99. The molecule has 2 atom stereocenters. The van der Waals surface area contributed by atoms with Crippen molar-refractivity contribution in [3.05, 3.63) is 36.4 Å². The maximum Gasteiger partial charge on any atom is 0.130 e. The first-order chi connectivity index (χ1) is 13.3. The Bertz CT molecular complexity index is 721. The van der Waals surface area contributed by atoms with Crippen LogP contribution >= 0.6 is 0 Å². The molecule has 0 spiro atoms. The van der Waals surface area contributed by atoms with Crippen molar-refractivity contribution >= 4 is 10.8 Å². The molecule has 2 aromatic carbocycles. The van der Waals surface area contributed by atoms with Gasteiger partial charge in [0.05, 0.1) is 0 Å². The maximum absolute atomic E-state index is 10.1. The second kappa shape index (κ2) is 11.2. The molecule has 6 nitrogen and oxygen atoms in total. The molecular formula is C22H34N2O4. The zero-order valence-electron chi connectivity index (χ0n) is 17.3. The summed E-state index contributed by atoms with van der Waals surface area (Å²) < 4.78 is 11.7. The fraction of sp³-hybridized carbons (Fsp3) is 0.545. The SMILES string of the molecule is CC(C)NCC(O)COc1cc(OCC(O)CNC(C)C)c2ccccc2c1. The third-order valence-corrected chi connectivity index (χ3v) is 4.19. The third-order valence-electron chi connectivity index (χ3n) is 4.19. The van der Waals surface area contributed by atoms with Crippen LogP contribution in [0.25, 0.3) is 10.8 Å². The minimum atomic E-state index is -0.602. The van der Waals surface area contributed by atoms with Crippen LogP contribution in [0.1, 0.15) is 27.7 Å². The van der Waals surface area contributed by atoms with Gasteiger partial charge in [-0.15, -0.1) is 0 Å². The highest BCUT2D eigenvalue weighted by molar-refractivity contribution is 5.89. The van der Waals surface area contributed by atoms with Crippen LogP contribution in [0.5, 0.6) is 11.5 Å². The number of aliphatic hydroxyl groups is 2. The van der Waals surface area contributed by atoms with Gasteiger partial charge in [-0.25, -0.2) is 0 Å². The summed E-state index contributed by atoms with van der Waals surface area (Å²) in [5.74, 6) is 1.29. The second-order valence-corrected chi connectivity index (χ2v) is 7.70. The van der Waals surface area contributed by atoms with E-state index < -0.39 is 12.2 Å². The van der Waals surface area contributed by atoms with E-state index in [2.05, 4.69) is 10.6 Å². The normalized spacial score (nSPS) is 13.9. The summed E-state index contributed by atoms with van der Waals surface area (Å²) in [4.78, 5) is 0. The number of benzene rings is 2.